The molecule has 0 radical (unpaired) electrons. The van der Waals surface area contributed by atoms with Gasteiger partial charge in [-0.15, -0.1) is 0 Å². The van der Waals surface area contributed by atoms with E-state index >= 15 is 0 Å². The first-order valence-corrected chi connectivity index (χ1v) is 8.57. The minimum atomic E-state index is -0.596. The molecule has 2 rings (SSSR count). The number of nitrogens with one attached hydrogen (secondary N) is 1. The zero-order valence-corrected chi connectivity index (χ0v) is 15.0. The Labute approximate surface area is 148 Å². The summed E-state index contributed by atoms with van der Waals surface area (Å²) in [6, 6.07) is 8.73. The number of nitriles is 1. The van der Waals surface area contributed by atoms with Crippen molar-refractivity contribution in [2.24, 2.45) is 0 Å². The van der Waals surface area contributed by atoms with Crippen molar-refractivity contribution in [3.8, 4) is 6.07 Å². The van der Waals surface area contributed by atoms with E-state index in [0.717, 1.165) is 18.4 Å². The molecule has 1 N–H and O–H groups in total. The van der Waals surface area contributed by atoms with Crippen LogP contribution in [0.4, 0.5) is 4.79 Å². The summed E-state index contributed by atoms with van der Waals surface area (Å²) in [4.78, 5) is 26.5. The molecule has 134 valence electrons. The number of carbonyl (C=O) groups excluding carboxylic acids is 2. The number of benzene rings is 1. The standard InChI is InChI=1S/C19H25N3O3/c1-19(2,3)25-18(24)22-11-7-6-10-16(22)17(23)21-13-15-9-5-4-8-14(15)12-20/h4-5,8-9,16H,6-7,10-11,13H2,1-3H3,(H,21,23)/t16-/m0/s1. The Bertz CT molecular complexity index is 673. The fourth-order valence-electron chi connectivity index (χ4n) is 2.83. The average Bonchev–Trinajstić information content (AvgIpc) is 2.58. The lowest BCUT2D eigenvalue weighted by Gasteiger charge is -2.35. The average molecular weight is 343 g/mol. The number of nitrogens with zero attached hydrogens (tertiary/aromatic N) is 2. The molecule has 0 aliphatic carbocycles. The van der Waals surface area contributed by atoms with Crippen molar-refractivity contribution in [1.82, 2.24) is 10.2 Å². The summed E-state index contributed by atoms with van der Waals surface area (Å²) in [6.45, 7) is 6.21. The van der Waals surface area contributed by atoms with Crippen LogP contribution in [0.1, 0.15) is 51.2 Å². The molecule has 1 aromatic carbocycles. The molecule has 1 saturated heterocycles. The number of likely N-dealkylation sites (tertiary alicyclic amines) is 1. The first kappa shape index (κ1) is 18.8. The lowest BCUT2D eigenvalue weighted by molar-refractivity contribution is -0.127. The van der Waals surface area contributed by atoms with Crippen LogP contribution in [0.15, 0.2) is 24.3 Å². The van der Waals surface area contributed by atoms with Crippen molar-refractivity contribution < 1.29 is 14.3 Å². The van der Waals surface area contributed by atoms with Gasteiger partial charge in [-0.1, -0.05) is 18.2 Å². The maximum atomic E-state index is 12.6. The lowest BCUT2D eigenvalue weighted by Crippen LogP contribution is -2.53. The molecule has 6 heteroatoms. The molecule has 6 nitrogen and oxygen atoms in total. The van der Waals surface area contributed by atoms with E-state index in [1.807, 2.05) is 32.9 Å². The van der Waals surface area contributed by atoms with Crippen LogP contribution in [0.5, 0.6) is 0 Å². The smallest absolute Gasteiger partial charge is 0.410 e. The molecule has 0 unspecified atom stereocenters. The van der Waals surface area contributed by atoms with Gasteiger partial charge in [0, 0.05) is 13.1 Å². The molecule has 25 heavy (non-hydrogen) atoms. The first-order chi connectivity index (χ1) is 11.8. The highest BCUT2D eigenvalue weighted by Gasteiger charge is 2.34. The zero-order valence-electron chi connectivity index (χ0n) is 15.0. The van der Waals surface area contributed by atoms with Crippen molar-refractivity contribution in [3.63, 3.8) is 0 Å². The number of ether oxygens (including phenoxy) is 1. The third-order valence-corrected chi connectivity index (χ3v) is 4.02. The minimum absolute atomic E-state index is 0.210. The largest absolute Gasteiger partial charge is 0.444 e. The Morgan fingerprint density at radius 1 is 1.32 bits per heavy atom. The molecule has 1 aliphatic rings. The molecule has 1 aromatic rings. The predicted octanol–water partition coefficient (Wildman–Crippen LogP) is 2.96. The van der Waals surface area contributed by atoms with Crippen molar-refractivity contribution in [2.75, 3.05) is 6.54 Å². The van der Waals surface area contributed by atoms with E-state index in [1.165, 1.54) is 4.90 Å². The fourth-order valence-corrected chi connectivity index (χ4v) is 2.83. The fraction of sp³-hybridized carbons (Fsp3) is 0.526. The molecule has 2 amide bonds. The van der Waals surface area contributed by atoms with Crippen molar-refractivity contribution in [3.05, 3.63) is 35.4 Å². The maximum Gasteiger partial charge on any atom is 0.410 e. The first-order valence-electron chi connectivity index (χ1n) is 8.57. The van der Waals surface area contributed by atoms with Crippen LogP contribution in [-0.4, -0.2) is 35.1 Å². The van der Waals surface area contributed by atoms with E-state index < -0.39 is 17.7 Å². The van der Waals surface area contributed by atoms with Crippen LogP contribution in [0.3, 0.4) is 0 Å². The number of piperidine rings is 1. The van der Waals surface area contributed by atoms with Crippen molar-refractivity contribution >= 4 is 12.0 Å². The molecule has 1 atom stereocenters. The number of rotatable bonds is 3. The Morgan fingerprint density at radius 2 is 2.04 bits per heavy atom. The quantitative estimate of drug-likeness (QED) is 0.915. The summed E-state index contributed by atoms with van der Waals surface area (Å²) >= 11 is 0. The van der Waals surface area contributed by atoms with Gasteiger partial charge in [0.2, 0.25) is 5.91 Å². The van der Waals surface area contributed by atoms with Crippen LogP contribution < -0.4 is 5.32 Å². The van der Waals surface area contributed by atoms with E-state index in [0.29, 0.717) is 18.5 Å². The van der Waals surface area contributed by atoms with Crippen LogP contribution in [0.25, 0.3) is 0 Å². The monoisotopic (exact) mass is 343 g/mol. The van der Waals surface area contributed by atoms with Gasteiger partial charge >= 0.3 is 6.09 Å². The second-order valence-electron chi connectivity index (χ2n) is 7.17. The highest BCUT2D eigenvalue weighted by Crippen LogP contribution is 2.21. The Hall–Kier alpha value is -2.55. The molecule has 1 heterocycles. The van der Waals surface area contributed by atoms with E-state index in [2.05, 4.69) is 11.4 Å². The Kier molecular flexibility index (Phi) is 6.02. The molecular weight excluding hydrogens is 318 g/mol. The second-order valence-corrected chi connectivity index (χ2v) is 7.17. The van der Waals surface area contributed by atoms with E-state index in [9.17, 15) is 9.59 Å². The molecule has 0 spiro atoms. The van der Waals surface area contributed by atoms with Gasteiger partial charge in [0.25, 0.3) is 0 Å². The minimum Gasteiger partial charge on any atom is -0.444 e. The van der Waals surface area contributed by atoms with Gasteiger partial charge < -0.3 is 10.1 Å². The molecule has 1 aliphatic heterocycles. The molecule has 1 fully saturated rings. The van der Waals surface area contributed by atoms with E-state index in [-0.39, 0.29) is 12.5 Å². The number of carbonyl (C=O) groups is 2. The van der Waals surface area contributed by atoms with Gasteiger partial charge in [0.05, 0.1) is 11.6 Å². The SMILES string of the molecule is CC(C)(C)OC(=O)N1CCCC[C@H]1C(=O)NCc1ccccc1C#N. The third kappa shape index (κ3) is 5.21. The number of hydrogen-bond donors (Lipinski definition) is 1. The summed E-state index contributed by atoms with van der Waals surface area (Å²) in [6.07, 6.45) is 1.92. The van der Waals surface area contributed by atoms with E-state index in [4.69, 9.17) is 10.00 Å². The van der Waals surface area contributed by atoms with Crippen LogP contribution in [-0.2, 0) is 16.1 Å². The second kappa shape index (κ2) is 8.02. The zero-order chi connectivity index (χ0) is 18.4. The van der Waals surface area contributed by atoms with Gasteiger partial charge in [-0.05, 0) is 51.7 Å². The van der Waals surface area contributed by atoms with Crippen LogP contribution in [0.2, 0.25) is 0 Å². The molecular formula is C19H25N3O3. The molecule has 0 aromatic heterocycles. The van der Waals surface area contributed by atoms with Gasteiger partial charge in [-0.25, -0.2) is 4.79 Å². The van der Waals surface area contributed by atoms with Gasteiger partial charge in [0.1, 0.15) is 11.6 Å². The Morgan fingerprint density at radius 3 is 2.72 bits per heavy atom. The van der Waals surface area contributed by atoms with Gasteiger partial charge in [-0.2, -0.15) is 5.26 Å². The predicted molar refractivity (Wildman–Crippen MR) is 93.6 cm³/mol. The number of hydrogen-bond acceptors (Lipinski definition) is 4. The molecule has 0 saturated carbocycles. The van der Waals surface area contributed by atoms with Gasteiger partial charge in [-0.3, -0.25) is 9.69 Å². The van der Waals surface area contributed by atoms with Crippen LogP contribution in [0, 0.1) is 11.3 Å². The normalized spacial score (nSPS) is 17.5. The summed E-state index contributed by atoms with van der Waals surface area (Å²) in [5, 5.41) is 12.0. The van der Waals surface area contributed by atoms with Crippen LogP contribution >= 0.6 is 0 Å². The summed E-state index contributed by atoms with van der Waals surface area (Å²) in [5.41, 5.74) is 0.704. The lowest BCUT2D eigenvalue weighted by atomic mass is 10.0. The highest BCUT2D eigenvalue weighted by molar-refractivity contribution is 5.86. The third-order valence-electron chi connectivity index (χ3n) is 4.02. The van der Waals surface area contributed by atoms with Gasteiger partial charge in [0.15, 0.2) is 0 Å². The topological polar surface area (TPSA) is 82.4 Å². The van der Waals surface area contributed by atoms with E-state index in [1.54, 1.807) is 12.1 Å². The highest BCUT2D eigenvalue weighted by atomic mass is 16.6. The summed E-state index contributed by atoms with van der Waals surface area (Å²) in [5.74, 6) is -0.210. The van der Waals surface area contributed by atoms with Crippen molar-refractivity contribution in [1.29, 1.82) is 5.26 Å². The number of amides is 2. The molecule has 0 bridgehead atoms. The Balaban J connectivity index is 2.03. The maximum absolute atomic E-state index is 12.6. The summed E-state index contributed by atoms with van der Waals surface area (Å²) in [7, 11) is 0. The summed E-state index contributed by atoms with van der Waals surface area (Å²) < 4.78 is 5.42. The van der Waals surface area contributed by atoms with Crippen molar-refractivity contribution in [2.45, 2.75) is 58.2 Å².